The molecule has 2 N–H and O–H groups in total. The second kappa shape index (κ2) is 11.4. The van der Waals surface area contributed by atoms with Gasteiger partial charge in [-0.15, -0.1) is 11.8 Å². The van der Waals surface area contributed by atoms with Gasteiger partial charge in [0.2, 0.25) is 15.9 Å². The Labute approximate surface area is 194 Å². The van der Waals surface area contributed by atoms with Crippen molar-refractivity contribution in [1.29, 1.82) is 0 Å². The normalized spacial score (nSPS) is 12.6. The van der Waals surface area contributed by atoms with Crippen LogP contribution in [0, 0.1) is 5.92 Å². The molecule has 0 spiro atoms. The molecule has 0 aliphatic rings. The number of aromatic nitrogens is 1. The van der Waals surface area contributed by atoms with Crippen molar-refractivity contribution in [1.82, 2.24) is 14.6 Å². The smallest absolute Gasteiger partial charge is 0.251 e. The molecule has 1 aromatic carbocycles. The van der Waals surface area contributed by atoms with Crippen LogP contribution in [0.2, 0.25) is 0 Å². The number of rotatable bonds is 10. The van der Waals surface area contributed by atoms with Gasteiger partial charge in [-0.1, -0.05) is 33.8 Å². The first-order valence-corrected chi connectivity index (χ1v) is 13.0. The van der Waals surface area contributed by atoms with Gasteiger partial charge in [-0.25, -0.2) is 13.4 Å². The van der Waals surface area contributed by atoms with Crippen molar-refractivity contribution in [3.63, 3.8) is 0 Å². The van der Waals surface area contributed by atoms with Gasteiger partial charge in [0.1, 0.15) is 6.04 Å². The van der Waals surface area contributed by atoms with Crippen LogP contribution < -0.4 is 10.6 Å². The zero-order valence-electron chi connectivity index (χ0n) is 19.0. The minimum absolute atomic E-state index is 0.0411. The van der Waals surface area contributed by atoms with E-state index in [1.54, 1.807) is 32.2 Å². The molecule has 1 heterocycles. The van der Waals surface area contributed by atoms with Gasteiger partial charge in [0.15, 0.2) is 0 Å². The van der Waals surface area contributed by atoms with Gasteiger partial charge in [-0.05, 0) is 42.5 Å². The third-order valence-electron chi connectivity index (χ3n) is 4.89. The molecule has 2 amide bonds. The Bertz CT molecular complexity index is 1040. The number of hydrogen-bond donors (Lipinski definition) is 2. The third kappa shape index (κ3) is 6.30. The largest absolute Gasteiger partial charge is 0.340 e. The Morgan fingerprint density at radius 3 is 2.34 bits per heavy atom. The number of pyridine rings is 1. The van der Waals surface area contributed by atoms with E-state index >= 15 is 0 Å². The highest BCUT2D eigenvalue weighted by Crippen LogP contribution is 2.18. The first-order chi connectivity index (χ1) is 15.1. The third-order valence-corrected chi connectivity index (χ3v) is 7.59. The number of thioether (sulfide) groups is 1. The molecule has 0 aliphatic carbocycles. The monoisotopic (exact) mass is 478 g/mol. The average Bonchev–Trinajstić information content (AvgIpc) is 2.78. The quantitative estimate of drug-likeness (QED) is 0.508. The Morgan fingerprint density at radius 1 is 1.12 bits per heavy atom. The molecule has 1 aromatic heterocycles. The van der Waals surface area contributed by atoms with Crippen LogP contribution in [0.15, 0.2) is 52.5 Å². The predicted octanol–water partition coefficient (Wildman–Crippen LogP) is 3.23. The lowest BCUT2D eigenvalue weighted by Crippen LogP contribution is -2.47. The van der Waals surface area contributed by atoms with Crippen LogP contribution in [0.25, 0.3) is 0 Å². The zero-order chi connectivity index (χ0) is 23.9. The number of sulfonamides is 1. The summed E-state index contributed by atoms with van der Waals surface area (Å²) >= 11 is 1.49. The minimum Gasteiger partial charge on any atom is -0.340 e. The molecule has 0 bridgehead atoms. The molecule has 8 nitrogen and oxygen atoms in total. The number of amides is 2. The molecule has 10 heteroatoms. The Kier molecular flexibility index (Phi) is 9.23. The van der Waals surface area contributed by atoms with Crippen LogP contribution in [0.1, 0.15) is 38.1 Å². The van der Waals surface area contributed by atoms with E-state index in [1.807, 2.05) is 20.1 Å². The molecule has 0 saturated heterocycles. The second-order valence-corrected chi connectivity index (χ2v) is 10.2. The summed E-state index contributed by atoms with van der Waals surface area (Å²) in [5.74, 6) is -1.09. The Hall–Kier alpha value is -2.43. The lowest BCUT2D eigenvalue weighted by molar-refractivity contribution is -0.118. The fraction of sp³-hybridized carbons (Fsp3) is 0.409. The van der Waals surface area contributed by atoms with Gasteiger partial charge < -0.3 is 10.6 Å². The summed E-state index contributed by atoms with van der Waals surface area (Å²) in [6, 6.07) is 8.57. The number of hydrogen-bond acceptors (Lipinski definition) is 6. The zero-order valence-corrected chi connectivity index (χ0v) is 20.6. The highest BCUT2D eigenvalue weighted by atomic mass is 32.2. The summed E-state index contributed by atoms with van der Waals surface area (Å²) in [6.07, 6.45) is 3.47. The van der Waals surface area contributed by atoms with Crippen molar-refractivity contribution in [2.75, 3.05) is 24.7 Å². The number of carbonyl (C=O) groups is 2. The van der Waals surface area contributed by atoms with E-state index in [2.05, 4.69) is 15.6 Å². The maximum Gasteiger partial charge on any atom is 0.251 e. The van der Waals surface area contributed by atoms with E-state index in [9.17, 15) is 18.0 Å². The molecule has 1 atom stereocenters. The fourth-order valence-electron chi connectivity index (χ4n) is 3.06. The van der Waals surface area contributed by atoms with E-state index in [0.29, 0.717) is 18.8 Å². The molecule has 2 aromatic rings. The molecule has 1 unspecified atom stereocenters. The first-order valence-electron chi connectivity index (χ1n) is 10.4. The maximum atomic E-state index is 12.9. The van der Waals surface area contributed by atoms with Crippen molar-refractivity contribution in [2.24, 2.45) is 5.92 Å². The van der Waals surface area contributed by atoms with E-state index in [-0.39, 0.29) is 22.3 Å². The van der Waals surface area contributed by atoms with Crippen LogP contribution in [0.3, 0.4) is 0 Å². The van der Waals surface area contributed by atoms with Crippen molar-refractivity contribution in [3.8, 4) is 0 Å². The summed E-state index contributed by atoms with van der Waals surface area (Å²) in [5.41, 5.74) is 0.697. The standard InChI is InChI=1S/C22H30N4O4S2/c1-6-26(7-2)32(29,30)18-10-8-9-16(13-18)21(27)25-20(15(3)4)22(28)24-17-11-12-19(31-5)23-14-17/h8-15,20H,6-7H2,1-5H3,(H,24,28)(H,25,27). The molecule has 174 valence electrons. The lowest BCUT2D eigenvalue weighted by atomic mass is 10.0. The molecule has 2 rings (SSSR count). The number of nitrogens with zero attached hydrogens (tertiary/aromatic N) is 2. The van der Waals surface area contributed by atoms with Crippen LogP contribution in [0.4, 0.5) is 5.69 Å². The van der Waals surface area contributed by atoms with Gasteiger partial charge in [-0.3, -0.25) is 9.59 Å². The number of anilines is 1. The molecule has 0 aliphatic heterocycles. The van der Waals surface area contributed by atoms with Crippen molar-refractivity contribution < 1.29 is 18.0 Å². The second-order valence-electron chi connectivity index (χ2n) is 7.39. The Morgan fingerprint density at radius 2 is 1.81 bits per heavy atom. The van der Waals surface area contributed by atoms with Gasteiger partial charge in [0.25, 0.3) is 5.91 Å². The number of benzene rings is 1. The molecular weight excluding hydrogens is 448 g/mol. The topological polar surface area (TPSA) is 108 Å². The van der Waals surface area contributed by atoms with E-state index < -0.39 is 22.0 Å². The van der Waals surface area contributed by atoms with Crippen molar-refractivity contribution >= 4 is 39.3 Å². The van der Waals surface area contributed by atoms with Crippen molar-refractivity contribution in [2.45, 2.75) is 43.7 Å². The summed E-state index contributed by atoms with van der Waals surface area (Å²) in [6.45, 7) is 7.82. The van der Waals surface area contributed by atoms with Gasteiger partial charge >= 0.3 is 0 Å². The summed E-state index contributed by atoms with van der Waals surface area (Å²) in [4.78, 5) is 29.9. The van der Waals surface area contributed by atoms with Crippen molar-refractivity contribution in [3.05, 3.63) is 48.2 Å². The van der Waals surface area contributed by atoms with Gasteiger partial charge in [-0.2, -0.15) is 4.31 Å². The summed E-state index contributed by atoms with van der Waals surface area (Å²) in [7, 11) is -3.70. The van der Waals surface area contributed by atoms with Crippen LogP contribution in [-0.4, -0.2) is 54.9 Å². The molecule has 0 radical (unpaired) electrons. The van der Waals surface area contributed by atoms with E-state index in [1.165, 1.54) is 40.3 Å². The SMILES string of the molecule is CCN(CC)S(=O)(=O)c1cccc(C(=O)NC(C(=O)Nc2ccc(SC)nc2)C(C)C)c1. The first kappa shape index (κ1) is 25.8. The average molecular weight is 479 g/mol. The van der Waals surface area contributed by atoms with Gasteiger partial charge in [0.05, 0.1) is 21.8 Å². The van der Waals surface area contributed by atoms with E-state index in [4.69, 9.17) is 0 Å². The molecular formula is C22H30N4O4S2. The molecule has 32 heavy (non-hydrogen) atoms. The fourth-order valence-corrected chi connectivity index (χ4v) is 4.93. The summed E-state index contributed by atoms with van der Waals surface area (Å²) in [5, 5.41) is 6.33. The highest BCUT2D eigenvalue weighted by molar-refractivity contribution is 7.98. The highest BCUT2D eigenvalue weighted by Gasteiger charge is 2.26. The van der Waals surface area contributed by atoms with Crippen LogP contribution >= 0.6 is 11.8 Å². The van der Waals surface area contributed by atoms with E-state index in [0.717, 1.165) is 5.03 Å². The predicted molar refractivity (Wildman–Crippen MR) is 127 cm³/mol. The lowest BCUT2D eigenvalue weighted by Gasteiger charge is -2.22. The minimum atomic E-state index is -3.70. The molecule has 0 saturated carbocycles. The maximum absolute atomic E-state index is 12.9. The number of carbonyl (C=O) groups excluding carboxylic acids is 2. The molecule has 0 fully saturated rings. The Balaban J connectivity index is 2.20. The van der Waals surface area contributed by atoms with Crippen LogP contribution in [-0.2, 0) is 14.8 Å². The summed E-state index contributed by atoms with van der Waals surface area (Å²) < 4.78 is 26.9. The van der Waals surface area contributed by atoms with Crippen LogP contribution in [0.5, 0.6) is 0 Å². The van der Waals surface area contributed by atoms with Gasteiger partial charge in [0, 0.05) is 18.7 Å². The number of nitrogens with one attached hydrogen (secondary N) is 2.